The van der Waals surface area contributed by atoms with Crippen LogP contribution in [0.25, 0.3) is 5.76 Å². The summed E-state index contributed by atoms with van der Waals surface area (Å²) in [6.45, 7) is 1.69. The van der Waals surface area contributed by atoms with E-state index in [1.54, 1.807) is 19.1 Å². The average molecular weight is 180 g/mol. The van der Waals surface area contributed by atoms with Crippen molar-refractivity contribution in [2.45, 2.75) is 11.8 Å². The van der Waals surface area contributed by atoms with E-state index in [0.29, 0.717) is 15.4 Å². The first-order valence-electron chi connectivity index (χ1n) is 3.63. The van der Waals surface area contributed by atoms with Crippen LogP contribution in [0.1, 0.15) is 12.5 Å². The van der Waals surface area contributed by atoms with Crippen molar-refractivity contribution in [1.29, 1.82) is 0 Å². The number of hydrogen-bond donors (Lipinski definition) is 1. The first kappa shape index (κ1) is 7.55. The summed E-state index contributed by atoms with van der Waals surface area (Å²) < 4.78 is 11.5. The molecule has 3 heteroatoms. The van der Waals surface area contributed by atoms with E-state index in [4.69, 9.17) is 0 Å². The fourth-order valence-electron chi connectivity index (χ4n) is 1.27. The lowest BCUT2D eigenvalue weighted by molar-refractivity contribution is 0.509. The summed E-state index contributed by atoms with van der Waals surface area (Å²) in [5.41, 5.74) is 0.702. The minimum atomic E-state index is -1.14. The summed E-state index contributed by atoms with van der Waals surface area (Å²) in [4.78, 5) is 1.27. The van der Waals surface area contributed by atoms with E-state index in [2.05, 4.69) is 0 Å². The fourth-order valence-corrected chi connectivity index (χ4v) is 2.45. The van der Waals surface area contributed by atoms with Gasteiger partial charge in [0.25, 0.3) is 0 Å². The van der Waals surface area contributed by atoms with Gasteiger partial charge in [0.15, 0.2) is 0 Å². The smallest absolute Gasteiger partial charge is 0.136 e. The number of aliphatic hydroxyl groups excluding tert-OH is 1. The minimum Gasteiger partial charge on any atom is -0.506 e. The molecule has 0 fully saturated rings. The molecule has 1 unspecified atom stereocenters. The molecule has 1 aromatic carbocycles. The lowest BCUT2D eigenvalue weighted by Gasteiger charge is -1.95. The zero-order valence-electron chi connectivity index (χ0n) is 6.57. The summed E-state index contributed by atoms with van der Waals surface area (Å²) in [7, 11) is -1.14. The molecule has 1 atom stereocenters. The Balaban J connectivity index is 2.73. The molecule has 1 aliphatic heterocycles. The Morgan fingerprint density at radius 3 is 2.67 bits per heavy atom. The second kappa shape index (κ2) is 2.45. The largest absolute Gasteiger partial charge is 0.506 e. The summed E-state index contributed by atoms with van der Waals surface area (Å²) in [6, 6.07) is 7.20. The molecule has 62 valence electrons. The Morgan fingerprint density at radius 1 is 1.33 bits per heavy atom. The van der Waals surface area contributed by atoms with Crippen molar-refractivity contribution < 1.29 is 9.32 Å². The molecule has 1 aromatic rings. The third-order valence-corrected chi connectivity index (χ3v) is 3.46. The third-order valence-electron chi connectivity index (χ3n) is 1.95. The van der Waals surface area contributed by atoms with Crippen molar-refractivity contribution >= 4 is 16.6 Å². The Kier molecular flexibility index (Phi) is 1.54. The zero-order chi connectivity index (χ0) is 8.72. The number of aliphatic hydroxyl groups is 1. The molecule has 0 radical (unpaired) electrons. The Bertz CT molecular complexity index is 393. The second-order valence-electron chi connectivity index (χ2n) is 2.67. The van der Waals surface area contributed by atoms with E-state index in [9.17, 15) is 9.32 Å². The predicted molar refractivity (Wildman–Crippen MR) is 48.1 cm³/mol. The number of fused-ring (bicyclic) bond motifs is 1. The number of allylic oxidation sites excluding steroid dienone is 1. The highest BCUT2D eigenvalue weighted by atomic mass is 32.2. The van der Waals surface area contributed by atoms with E-state index in [-0.39, 0.29) is 5.76 Å². The van der Waals surface area contributed by atoms with Crippen molar-refractivity contribution in [1.82, 2.24) is 0 Å². The van der Waals surface area contributed by atoms with E-state index in [1.807, 2.05) is 12.1 Å². The lowest BCUT2D eigenvalue weighted by atomic mass is 10.2. The Morgan fingerprint density at radius 2 is 2.00 bits per heavy atom. The van der Waals surface area contributed by atoms with Gasteiger partial charge in [0.1, 0.15) is 5.76 Å². The van der Waals surface area contributed by atoms with Gasteiger partial charge in [-0.05, 0) is 19.1 Å². The van der Waals surface area contributed by atoms with Crippen molar-refractivity contribution in [3.05, 3.63) is 34.7 Å². The Hall–Kier alpha value is -1.09. The van der Waals surface area contributed by atoms with Crippen LogP contribution in [-0.2, 0) is 10.8 Å². The van der Waals surface area contributed by atoms with Gasteiger partial charge in [-0.25, -0.2) is 4.21 Å². The SMILES string of the molecule is CC1=C(O)c2ccccc2S1=O. The second-order valence-corrected chi connectivity index (χ2v) is 4.26. The van der Waals surface area contributed by atoms with Gasteiger partial charge in [0.05, 0.1) is 20.6 Å². The van der Waals surface area contributed by atoms with Crippen LogP contribution in [0.5, 0.6) is 0 Å². The van der Waals surface area contributed by atoms with Crippen LogP contribution >= 0.6 is 0 Å². The standard InChI is InChI=1S/C9H8O2S/c1-6-9(10)7-4-2-3-5-8(7)12(6)11/h2-5,10H,1H3. The third kappa shape index (κ3) is 0.830. The minimum absolute atomic E-state index is 0.170. The van der Waals surface area contributed by atoms with Gasteiger partial charge < -0.3 is 5.11 Å². The molecule has 0 aromatic heterocycles. The molecular weight excluding hydrogens is 172 g/mol. The van der Waals surface area contributed by atoms with Crippen LogP contribution in [0.4, 0.5) is 0 Å². The first-order valence-corrected chi connectivity index (χ1v) is 4.78. The highest BCUT2D eigenvalue weighted by Gasteiger charge is 2.24. The monoisotopic (exact) mass is 180 g/mol. The van der Waals surface area contributed by atoms with Crippen LogP contribution in [0, 0.1) is 0 Å². The van der Waals surface area contributed by atoms with Gasteiger partial charge in [-0.2, -0.15) is 0 Å². The van der Waals surface area contributed by atoms with Crippen LogP contribution < -0.4 is 0 Å². The van der Waals surface area contributed by atoms with Gasteiger partial charge in [-0.15, -0.1) is 0 Å². The fraction of sp³-hybridized carbons (Fsp3) is 0.111. The topological polar surface area (TPSA) is 37.3 Å². The molecule has 1 heterocycles. The van der Waals surface area contributed by atoms with Gasteiger partial charge in [-0.3, -0.25) is 0 Å². The molecule has 0 saturated heterocycles. The van der Waals surface area contributed by atoms with Crippen LogP contribution in [0.15, 0.2) is 34.1 Å². The molecule has 2 nitrogen and oxygen atoms in total. The van der Waals surface area contributed by atoms with Gasteiger partial charge in [0, 0.05) is 5.56 Å². The van der Waals surface area contributed by atoms with Crippen molar-refractivity contribution in [3.8, 4) is 0 Å². The molecule has 0 bridgehead atoms. The molecule has 1 aliphatic rings. The van der Waals surface area contributed by atoms with E-state index in [1.165, 1.54) is 0 Å². The van der Waals surface area contributed by atoms with Crippen LogP contribution in [0.3, 0.4) is 0 Å². The normalized spacial score (nSPS) is 21.2. The molecule has 0 aliphatic carbocycles. The first-order chi connectivity index (χ1) is 5.72. The van der Waals surface area contributed by atoms with Gasteiger partial charge in [-0.1, -0.05) is 12.1 Å². The maximum absolute atomic E-state index is 11.5. The van der Waals surface area contributed by atoms with Crippen molar-refractivity contribution in [3.63, 3.8) is 0 Å². The van der Waals surface area contributed by atoms with E-state index >= 15 is 0 Å². The van der Waals surface area contributed by atoms with Gasteiger partial charge >= 0.3 is 0 Å². The maximum Gasteiger partial charge on any atom is 0.136 e. The number of rotatable bonds is 0. The summed E-state index contributed by atoms with van der Waals surface area (Å²) in [6.07, 6.45) is 0. The van der Waals surface area contributed by atoms with Crippen molar-refractivity contribution in [2.75, 3.05) is 0 Å². The molecule has 0 spiro atoms. The van der Waals surface area contributed by atoms with Gasteiger partial charge in [0.2, 0.25) is 0 Å². The molecule has 1 N–H and O–H groups in total. The quantitative estimate of drug-likeness (QED) is 0.663. The average Bonchev–Trinajstić information content (AvgIpc) is 2.33. The summed E-state index contributed by atoms with van der Waals surface area (Å²) in [5.74, 6) is 0.170. The zero-order valence-corrected chi connectivity index (χ0v) is 7.39. The summed E-state index contributed by atoms with van der Waals surface area (Å²) >= 11 is 0. The number of benzene rings is 1. The molecule has 0 amide bonds. The lowest BCUT2D eigenvalue weighted by Crippen LogP contribution is -1.85. The van der Waals surface area contributed by atoms with Crippen molar-refractivity contribution in [2.24, 2.45) is 0 Å². The van der Waals surface area contributed by atoms with Crippen LogP contribution in [0.2, 0.25) is 0 Å². The number of hydrogen-bond acceptors (Lipinski definition) is 2. The molecule has 2 rings (SSSR count). The predicted octanol–water partition coefficient (Wildman–Crippen LogP) is 2.05. The van der Waals surface area contributed by atoms with E-state index < -0.39 is 10.8 Å². The summed E-state index contributed by atoms with van der Waals surface area (Å²) in [5, 5.41) is 9.51. The highest BCUT2D eigenvalue weighted by Crippen LogP contribution is 2.33. The van der Waals surface area contributed by atoms with Crippen LogP contribution in [-0.4, -0.2) is 9.32 Å². The highest BCUT2D eigenvalue weighted by molar-refractivity contribution is 7.89. The maximum atomic E-state index is 11.5. The van der Waals surface area contributed by atoms with E-state index in [0.717, 1.165) is 0 Å². The molecule has 0 saturated carbocycles. The molecule has 12 heavy (non-hydrogen) atoms. The Labute approximate surface area is 73.0 Å². The molecular formula is C9H8O2S.